The number of rotatable bonds is 4. The molecule has 1 amide bonds. The van der Waals surface area contributed by atoms with Crippen LogP contribution in [0.2, 0.25) is 0 Å². The zero-order valence-electron chi connectivity index (χ0n) is 10.0. The molecule has 1 saturated carbocycles. The summed E-state index contributed by atoms with van der Waals surface area (Å²) in [5.41, 5.74) is 0. The molecule has 0 radical (unpaired) electrons. The number of carbonyl (C=O) groups is 1. The summed E-state index contributed by atoms with van der Waals surface area (Å²) in [4.78, 5) is 11.7. The Balaban J connectivity index is 2.41. The van der Waals surface area contributed by atoms with Gasteiger partial charge in [-0.3, -0.25) is 4.79 Å². The van der Waals surface area contributed by atoms with Gasteiger partial charge in [-0.25, -0.2) is 8.78 Å². The summed E-state index contributed by atoms with van der Waals surface area (Å²) in [6, 6.07) is 1.52. The average molecular weight is 244 g/mol. The van der Waals surface area contributed by atoms with Crippen LogP contribution >= 0.6 is 0 Å². The number of nitrogens with one attached hydrogen (secondary N) is 1. The molecule has 0 aromatic rings. The molecular formula is C12H18F2N2O. The summed E-state index contributed by atoms with van der Waals surface area (Å²) in [6.07, 6.45) is 1.38. The van der Waals surface area contributed by atoms with Gasteiger partial charge in [-0.05, 0) is 19.3 Å². The number of halogens is 2. The molecule has 1 rings (SSSR count). The molecule has 0 aliphatic heterocycles. The summed E-state index contributed by atoms with van der Waals surface area (Å²) in [5.74, 6) is -3.22. The van der Waals surface area contributed by atoms with Crippen LogP contribution in [-0.2, 0) is 4.79 Å². The van der Waals surface area contributed by atoms with Crippen molar-refractivity contribution < 1.29 is 13.6 Å². The average Bonchev–Trinajstić information content (AvgIpc) is 2.28. The molecule has 17 heavy (non-hydrogen) atoms. The van der Waals surface area contributed by atoms with Gasteiger partial charge in [0.1, 0.15) is 6.04 Å². The molecule has 0 heterocycles. The van der Waals surface area contributed by atoms with Crippen LogP contribution in [0, 0.1) is 17.2 Å². The van der Waals surface area contributed by atoms with Crippen LogP contribution < -0.4 is 5.32 Å². The van der Waals surface area contributed by atoms with Gasteiger partial charge < -0.3 is 5.32 Å². The van der Waals surface area contributed by atoms with Crippen molar-refractivity contribution in [3.05, 3.63) is 0 Å². The van der Waals surface area contributed by atoms with Crippen molar-refractivity contribution in [3.63, 3.8) is 0 Å². The lowest BCUT2D eigenvalue weighted by Gasteiger charge is -2.27. The SMILES string of the molecule is CCCC(C#N)NC(=O)C1CCC(F)(F)CC1. The van der Waals surface area contributed by atoms with Gasteiger partial charge in [0.2, 0.25) is 11.8 Å². The smallest absolute Gasteiger partial charge is 0.248 e. The molecule has 1 aliphatic rings. The first kappa shape index (κ1) is 13.9. The Morgan fingerprint density at radius 3 is 2.59 bits per heavy atom. The third kappa shape index (κ3) is 4.29. The topological polar surface area (TPSA) is 52.9 Å². The molecule has 1 fully saturated rings. The van der Waals surface area contributed by atoms with Gasteiger partial charge in [-0.2, -0.15) is 5.26 Å². The van der Waals surface area contributed by atoms with Crippen molar-refractivity contribution in [2.75, 3.05) is 0 Å². The van der Waals surface area contributed by atoms with Crippen LogP contribution in [-0.4, -0.2) is 17.9 Å². The fraction of sp³-hybridized carbons (Fsp3) is 0.833. The van der Waals surface area contributed by atoms with E-state index in [1.165, 1.54) is 0 Å². The van der Waals surface area contributed by atoms with E-state index in [1.54, 1.807) is 0 Å². The molecule has 0 aromatic carbocycles. The number of amides is 1. The third-order valence-electron chi connectivity index (χ3n) is 3.14. The Hall–Kier alpha value is -1.18. The van der Waals surface area contributed by atoms with Gasteiger partial charge in [-0.15, -0.1) is 0 Å². The predicted molar refractivity (Wildman–Crippen MR) is 59.4 cm³/mol. The number of alkyl halides is 2. The lowest BCUT2D eigenvalue weighted by atomic mass is 9.86. The minimum atomic E-state index is -2.62. The minimum absolute atomic E-state index is 0.211. The molecule has 1 unspecified atom stereocenters. The van der Waals surface area contributed by atoms with Crippen LogP contribution in [0.5, 0.6) is 0 Å². The lowest BCUT2D eigenvalue weighted by Crippen LogP contribution is -2.40. The standard InChI is InChI=1S/C12H18F2N2O/c1-2-3-10(8-15)16-11(17)9-4-6-12(13,14)7-5-9/h9-10H,2-7H2,1H3,(H,16,17). The Morgan fingerprint density at radius 2 is 2.12 bits per heavy atom. The lowest BCUT2D eigenvalue weighted by molar-refractivity contribution is -0.129. The number of nitriles is 1. The maximum Gasteiger partial charge on any atom is 0.248 e. The van der Waals surface area contributed by atoms with E-state index in [1.807, 2.05) is 13.0 Å². The van der Waals surface area contributed by atoms with Crippen molar-refractivity contribution in [1.29, 1.82) is 5.26 Å². The van der Waals surface area contributed by atoms with Crippen LogP contribution in [0.3, 0.4) is 0 Å². The third-order valence-corrected chi connectivity index (χ3v) is 3.14. The second-order valence-electron chi connectivity index (χ2n) is 4.61. The second kappa shape index (κ2) is 5.95. The second-order valence-corrected chi connectivity index (χ2v) is 4.61. The van der Waals surface area contributed by atoms with Crippen LogP contribution in [0.4, 0.5) is 8.78 Å². The molecule has 5 heteroatoms. The first-order chi connectivity index (χ1) is 7.98. The summed E-state index contributed by atoms with van der Waals surface area (Å²) < 4.78 is 25.8. The van der Waals surface area contributed by atoms with Gasteiger partial charge in [0, 0.05) is 18.8 Å². The van der Waals surface area contributed by atoms with Crippen LogP contribution in [0.25, 0.3) is 0 Å². The minimum Gasteiger partial charge on any atom is -0.340 e. The van der Waals surface area contributed by atoms with E-state index in [-0.39, 0.29) is 37.5 Å². The van der Waals surface area contributed by atoms with Gasteiger partial charge in [0.05, 0.1) is 6.07 Å². The molecule has 1 atom stereocenters. The van der Waals surface area contributed by atoms with E-state index < -0.39 is 12.0 Å². The number of hydrogen-bond acceptors (Lipinski definition) is 2. The number of nitrogens with zero attached hydrogens (tertiary/aromatic N) is 1. The van der Waals surface area contributed by atoms with E-state index in [4.69, 9.17) is 5.26 Å². The molecule has 0 spiro atoms. The van der Waals surface area contributed by atoms with Crippen molar-refractivity contribution >= 4 is 5.91 Å². The maximum atomic E-state index is 12.9. The first-order valence-electron chi connectivity index (χ1n) is 6.06. The maximum absolute atomic E-state index is 12.9. The van der Waals surface area contributed by atoms with E-state index in [9.17, 15) is 13.6 Å². The largest absolute Gasteiger partial charge is 0.340 e. The summed E-state index contributed by atoms with van der Waals surface area (Å²) in [5, 5.41) is 11.4. The van der Waals surface area contributed by atoms with E-state index in [2.05, 4.69) is 5.32 Å². The summed E-state index contributed by atoms with van der Waals surface area (Å²) >= 11 is 0. The highest BCUT2D eigenvalue weighted by molar-refractivity contribution is 5.79. The molecule has 96 valence electrons. The first-order valence-corrected chi connectivity index (χ1v) is 6.06. The highest BCUT2D eigenvalue weighted by Gasteiger charge is 2.37. The Morgan fingerprint density at radius 1 is 1.53 bits per heavy atom. The fourth-order valence-corrected chi connectivity index (χ4v) is 2.05. The fourth-order valence-electron chi connectivity index (χ4n) is 2.05. The van der Waals surface area contributed by atoms with Gasteiger partial charge >= 0.3 is 0 Å². The van der Waals surface area contributed by atoms with Crippen molar-refractivity contribution in [1.82, 2.24) is 5.32 Å². The zero-order valence-corrected chi connectivity index (χ0v) is 10.0. The predicted octanol–water partition coefficient (Wildman–Crippen LogP) is 2.62. The Labute approximate surface area is 100 Å². The molecule has 1 aliphatic carbocycles. The molecule has 0 saturated heterocycles. The molecule has 0 aromatic heterocycles. The number of hydrogen-bond donors (Lipinski definition) is 1. The number of carbonyl (C=O) groups excluding carboxylic acids is 1. The van der Waals surface area contributed by atoms with Crippen LogP contribution in [0.15, 0.2) is 0 Å². The normalized spacial score (nSPS) is 21.5. The van der Waals surface area contributed by atoms with Crippen molar-refractivity contribution in [3.8, 4) is 6.07 Å². The Bertz CT molecular complexity index is 302. The summed E-state index contributed by atoms with van der Waals surface area (Å²) in [6.45, 7) is 1.93. The van der Waals surface area contributed by atoms with Gasteiger partial charge in [0.25, 0.3) is 0 Å². The van der Waals surface area contributed by atoms with E-state index >= 15 is 0 Å². The summed E-state index contributed by atoms with van der Waals surface area (Å²) in [7, 11) is 0. The molecule has 1 N–H and O–H groups in total. The highest BCUT2D eigenvalue weighted by Crippen LogP contribution is 2.36. The molecule has 0 bridgehead atoms. The van der Waals surface area contributed by atoms with Gasteiger partial charge in [0.15, 0.2) is 0 Å². The van der Waals surface area contributed by atoms with Crippen LogP contribution in [0.1, 0.15) is 45.4 Å². The quantitative estimate of drug-likeness (QED) is 0.826. The van der Waals surface area contributed by atoms with Crippen molar-refractivity contribution in [2.24, 2.45) is 5.92 Å². The van der Waals surface area contributed by atoms with E-state index in [0.717, 1.165) is 6.42 Å². The Kier molecular flexibility index (Phi) is 4.86. The monoisotopic (exact) mass is 244 g/mol. The zero-order chi connectivity index (χ0) is 12.9. The highest BCUT2D eigenvalue weighted by atomic mass is 19.3. The molecule has 3 nitrogen and oxygen atoms in total. The van der Waals surface area contributed by atoms with E-state index in [0.29, 0.717) is 6.42 Å². The van der Waals surface area contributed by atoms with Gasteiger partial charge in [-0.1, -0.05) is 13.3 Å². The van der Waals surface area contributed by atoms with Crippen molar-refractivity contribution in [2.45, 2.75) is 57.4 Å². The molecular weight excluding hydrogens is 226 g/mol.